The maximum Gasteiger partial charge on any atom is 0.265 e. The van der Waals surface area contributed by atoms with Crippen LogP contribution in [0.3, 0.4) is 0 Å². The van der Waals surface area contributed by atoms with Crippen LogP contribution in [-0.2, 0) is 10.0 Å². The van der Waals surface area contributed by atoms with Crippen molar-refractivity contribution in [3.05, 3.63) is 40.1 Å². The fourth-order valence-corrected chi connectivity index (χ4v) is 4.48. The third-order valence-electron chi connectivity index (χ3n) is 3.52. The molecule has 1 aromatic carbocycles. The van der Waals surface area contributed by atoms with Gasteiger partial charge in [-0.2, -0.15) is 4.31 Å². The van der Waals surface area contributed by atoms with Crippen LogP contribution in [0.1, 0.15) is 28.4 Å². The van der Waals surface area contributed by atoms with Crippen molar-refractivity contribution in [3.63, 3.8) is 0 Å². The van der Waals surface area contributed by atoms with Crippen LogP contribution in [0.4, 0.5) is 5.69 Å². The Morgan fingerprint density at radius 2 is 1.88 bits per heavy atom. The highest BCUT2D eigenvalue weighted by Crippen LogP contribution is 2.29. The van der Waals surface area contributed by atoms with Crippen molar-refractivity contribution < 1.29 is 18.3 Å². The second kappa shape index (κ2) is 7.33. The number of phenols is 1. The van der Waals surface area contributed by atoms with Crippen LogP contribution in [0.2, 0.25) is 0 Å². The van der Waals surface area contributed by atoms with Crippen LogP contribution in [-0.4, -0.2) is 36.8 Å². The zero-order valence-electron chi connectivity index (χ0n) is 13.7. The number of benzene rings is 1. The summed E-state index contributed by atoms with van der Waals surface area (Å²) in [6.07, 6.45) is 0. The van der Waals surface area contributed by atoms with Gasteiger partial charge in [0.25, 0.3) is 5.91 Å². The van der Waals surface area contributed by atoms with Crippen molar-refractivity contribution in [1.82, 2.24) is 4.31 Å². The summed E-state index contributed by atoms with van der Waals surface area (Å²) in [5.74, 6) is -0.573. The average molecular weight is 368 g/mol. The molecule has 24 heavy (non-hydrogen) atoms. The molecular weight excluding hydrogens is 348 g/mol. The van der Waals surface area contributed by atoms with Gasteiger partial charge in [0.2, 0.25) is 10.0 Å². The molecule has 130 valence electrons. The van der Waals surface area contributed by atoms with E-state index in [4.69, 9.17) is 0 Å². The number of nitrogens with one attached hydrogen (secondary N) is 1. The summed E-state index contributed by atoms with van der Waals surface area (Å²) < 4.78 is 26.4. The van der Waals surface area contributed by atoms with E-state index in [2.05, 4.69) is 5.32 Å². The minimum atomic E-state index is -3.66. The number of anilines is 1. The SMILES string of the molecule is CCN(CC)S(=O)(=O)c1ccc(O)c(NC(=O)c2ccc(C)s2)c1. The Morgan fingerprint density at radius 3 is 2.42 bits per heavy atom. The maximum absolute atomic E-state index is 12.6. The topological polar surface area (TPSA) is 86.7 Å². The van der Waals surface area contributed by atoms with Crippen molar-refractivity contribution in [2.75, 3.05) is 18.4 Å². The van der Waals surface area contributed by atoms with E-state index in [1.165, 1.54) is 33.8 Å². The summed E-state index contributed by atoms with van der Waals surface area (Å²) >= 11 is 1.32. The van der Waals surface area contributed by atoms with Gasteiger partial charge < -0.3 is 10.4 Å². The molecule has 2 aromatic rings. The predicted molar refractivity (Wildman–Crippen MR) is 95.2 cm³/mol. The molecule has 0 radical (unpaired) electrons. The number of hydrogen-bond acceptors (Lipinski definition) is 5. The molecule has 0 aliphatic carbocycles. The first-order chi connectivity index (χ1) is 11.3. The van der Waals surface area contributed by atoms with Gasteiger partial charge in [-0.3, -0.25) is 4.79 Å². The highest BCUT2D eigenvalue weighted by molar-refractivity contribution is 7.89. The Morgan fingerprint density at radius 1 is 1.21 bits per heavy atom. The number of hydrogen-bond donors (Lipinski definition) is 2. The molecule has 1 aromatic heterocycles. The Bertz CT molecular complexity index is 840. The first kappa shape index (κ1) is 18.4. The Hall–Kier alpha value is -1.90. The number of phenolic OH excluding ortho intramolecular Hbond substituents is 1. The fourth-order valence-electron chi connectivity index (χ4n) is 2.23. The van der Waals surface area contributed by atoms with Gasteiger partial charge in [0.15, 0.2) is 0 Å². The molecule has 6 nitrogen and oxygen atoms in total. The molecule has 0 bridgehead atoms. The van der Waals surface area contributed by atoms with Crippen molar-refractivity contribution in [1.29, 1.82) is 0 Å². The van der Waals surface area contributed by atoms with E-state index in [-0.39, 0.29) is 22.2 Å². The van der Waals surface area contributed by atoms with Crippen molar-refractivity contribution >= 4 is 33.0 Å². The van der Waals surface area contributed by atoms with E-state index in [1.807, 2.05) is 13.0 Å². The Balaban J connectivity index is 2.34. The average Bonchev–Trinajstić information content (AvgIpc) is 2.97. The molecule has 0 atom stereocenters. The summed E-state index contributed by atoms with van der Waals surface area (Å²) in [7, 11) is -3.66. The molecule has 0 aliphatic heterocycles. The van der Waals surface area contributed by atoms with Gasteiger partial charge >= 0.3 is 0 Å². The van der Waals surface area contributed by atoms with Gasteiger partial charge in [0.1, 0.15) is 5.75 Å². The van der Waals surface area contributed by atoms with Gasteiger partial charge in [-0.05, 0) is 37.3 Å². The number of rotatable bonds is 6. The number of carbonyl (C=O) groups is 1. The molecule has 1 heterocycles. The summed E-state index contributed by atoms with van der Waals surface area (Å²) in [6.45, 7) is 6.08. The lowest BCUT2D eigenvalue weighted by Crippen LogP contribution is -2.30. The highest BCUT2D eigenvalue weighted by atomic mass is 32.2. The lowest BCUT2D eigenvalue weighted by molar-refractivity contribution is 0.103. The second-order valence-corrected chi connectivity index (χ2v) is 8.36. The minimum absolute atomic E-state index is 0.0293. The number of carbonyl (C=O) groups excluding carboxylic acids is 1. The van der Waals surface area contributed by atoms with E-state index in [9.17, 15) is 18.3 Å². The molecule has 2 rings (SSSR count). The monoisotopic (exact) mass is 368 g/mol. The van der Waals surface area contributed by atoms with Gasteiger partial charge in [-0.15, -0.1) is 11.3 Å². The van der Waals surface area contributed by atoms with E-state index < -0.39 is 10.0 Å². The smallest absolute Gasteiger partial charge is 0.265 e. The van der Waals surface area contributed by atoms with Gasteiger partial charge in [-0.1, -0.05) is 13.8 Å². The second-order valence-electron chi connectivity index (χ2n) is 5.13. The zero-order valence-corrected chi connectivity index (χ0v) is 15.4. The molecule has 0 unspecified atom stereocenters. The number of aryl methyl sites for hydroxylation is 1. The minimum Gasteiger partial charge on any atom is -0.506 e. The molecule has 0 saturated carbocycles. The largest absolute Gasteiger partial charge is 0.506 e. The Labute approximate surface area is 145 Å². The highest BCUT2D eigenvalue weighted by Gasteiger charge is 2.23. The van der Waals surface area contributed by atoms with E-state index >= 15 is 0 Å². The molecule has 8 heteroatoms. The summed E-state index contributed by atoms with van der Waals surface area (Å²) in [5, 5.41) is 12.5. The molecule has 2 N–H and O–H groups in total. The third-order valence-corrected chi connectivity index (χ3v) is 6.57. The number of thiophene rings is 1. The van der Waals surface area contributed by atoms with Crippen LogP contribution < -0.4 is 5.32 Å². The van der Waals surface area contributed by atoms with Gasteiger partial charge in [-0.25, -0.2) is 8.42 Å². The maximum atomic E-state index is 12.6. The lowest BCUT2D eigenvalue weighted by Gasteiger charge is -2.19. The first-order valence-electron chi connectivity index (χ1n) is 7.50. The van der Waals surface area contributed by atoms with E-state index in [0.29, 0.717) is 18.0 Å². The van der Waals surface area contributed by atoms with E-state index in [0.717, 1.165) is 4.88 Å². The number of amides is 1. The van der Waals surface area contributed by atoms with E-state index in [1.54, 1.807) is 19.9 Å². The van der Waals surface area contributed by atoms with Gasteiger partial charge in [0, 0.05) is 18.0 Å². The molecule has 0 saturated heterocycles. The van der Waals surface area contributed by atoms with Gasteiger partial charge in [0.05, 0.1) is 15.5 Å². The third kappa shape index (κ3) is 3.77. The standard InChI is InChI=1S/C16H20N2O4S2/c1-4-18(5-2)24(21,22)12-7-8-14(19)13(10-12)17-16(20)15-9-6-11(3)23-15/h6-10,19H,4-5H2,1-3H3,(H,17,20). The number of nitrogens with zero attached hydrogens (tertiary/aromatic N) is 1. The van der Waals surface area contributed by atoms with Crippen molar-refractivity contribution in [3.8, 4) is 5.75 Å². The summed E-state index contributed by atoms with van der Waals surface area (Å²) in [5.41, 5.74) is 0.0688. The molecule has 0 fully saturated rings. The quantitative estimate of drug-likeness (QED) is 0.767. The zero-order chi connectivity index (χ0) is 17.9. The van der Waals surface area contributed by atoms with Crippen LogP contribution in [0, 0.1) is 6.92 Å². The Kier molecular flexibility index (Phi) is 5.63. The van der Waals surface area contributed by atoms with Crippen molar-refractivity contribution in [2.24, 2.45) is 0 Å². The summed E-state index contributed by atoms with van der Waals surface area (Å²) in [4.78, 5) is 13.7. The first-order valence-corrected chi connectivity index (χ1v) is 9.76. The van der Waals surface area contributed by atoms with Crippen LogP contribution in [0.5, 0.6) is 5.75 Å². The lowest BCUT2D eigenvalue weighted by atomic mass is 10.3. The normalized spacial score (nSPS) is 11.7. The molecule has 1 amide bonds. The predicted octanol–water partition coefficient (Wildman–Crippen LogP) is 3.04. The van der Waals surface area contributed by atoms with Crippen molar-refractivity contribution in [2.45, 2.75) is 25.7 Å². The van der Waals surface area contributed by atoms with Crippen LogP contribution >= 0.6 is 11.3 Å². The molecule has 0 aliphatic rings. The summed E-state index contributed by atoms with van der Waals surface area (Å²) in [6, 6.07) is 7.38. The number of aromatic hydroxyl groups is 1. The van der Waals surface area contributed by atoms with Crippen LogP contribution in [0.25, 0.3) is 0 Å². The molecular formula is C16H20N2O4S2. The molecule has 0 spiro atoms. The van der Waals surface area contributed by atoms with Crippen LogP contribution in [0.15, 0.2) is 35.2 Å². The number of sulfonamides is 1. The fraction of sp³-hybridized carbons (Fsp3) is 0.312.